The maximum Gasteiger partial charge on any atom is 0.165 e. The van der Waals surface area contributed by atoms with Crippen molar-refractivity contribution < 1.29 is 13.5 Å². The maximum absolute atomic E-state index is 13.9. The molecule has 1 aromatic rings. The number of nitrogens with one attached hydrogen (secondary N) is 1. The van der Waals surface area contributed by atoms with Crippen LogP contribution in [-0.2, 0) is 6.42 Å². The lowest BCUT2D eigenvalue weighted by molar-refractivity contribution is 0.263. The second-order valence-corrected chi connectivity index (χ2v) is 4.39. The Morgan fingerprint density at radius 3 is 2.94 bits per heavy atom. The van der Waals surface area contributed by atoms with Gasteiger partial charge in [0.2, 0.25) is 0 Å². The Bertz CT molecular complexity index is 378. The van der Waals surface area contributed by atoms with Gasteiger partial charge in [-0.2, -0.15) is 0 Å². The molecule has 4 heteroatoms. The van der Waals surface area contributed by atoms with E-state index >= 15 is 0 Å². The maximum atomic E-state index is 13.9. The molecule has 0 bridgehead atoms. The van der Waals surface area contributed by atoms with Crippen LogP contribution in [0.1, 0.15) is 18.4 Å². The number of alkyl halides is 1. The van der Waals surface area contributed by atoms with E-state index in [0.29, 0.717) is 5.56 Å². The summed E-state index contributed by atoms with van der Waals surface area (Å²) in [6, 6.07) is 4.52. The Morgan fingerprint density at radius 1 is 1.53 bits per heavy atom. The van der Waals surface area contributed by atoms with Gasteiger partial charge in [0.15, 0.2) is 11.6 Å². The molecule has 2 rings (SSSR count). The number of benzene rings is 1. The second-order valence-electron chi connectivity index (χ2n) is 4.39. The molecule has 0 spiro atoms. The van der Waals surface area contributed by atoms with E-state index in [4.69, 9.17) is 4.74 Å². The van der Waals surface area contributed by atoms with Gasteiger partial charge in [-0.3, -0.25) is 0 Å². The smallest absolute Gasteiger partial charge is 0.165 e. The second kappa shape index (κ2) is 5.45. The molecular formula is C13H17F2NO. The molecule has 0 radical (unpaired) electrons. The van der Waals surface area contributed by atoms with E-state index in [9.17, 15) is 8.78 Å². The number of ether oxygens (including phenoxy) is 1. The molecule has 1 aliphatic rings. The summed E-state index contributed by atoms with van der Waals surface area (Å²) in [7, 11) is 1.42. The van der Waals surface area contributed by atoms with Gasteiger partial charge in [0.1, 0.15) is 6.17 Å². The van der Waals surface area contributed by atoms with Gasteiger partial charge < -0.3 is 10.1 Å². The van der Waals surface area contributed by atoms with Crippen LogP contribution in [0.2, 0.25) is 0 Å². The van der Waals surface area contributed by atoms with Crippen LogP contribution in [0.5, 0.6) is 5.75 Å². The van der Waals surface area contributed by atoms with Crippen LogP contribution in [0.4, 0.5) is 8.78 Å². The first kappa shape index (κ1) is 12.3. The molecule has 0 amide bonds. The first-order valence-electron chi connectivity index (χ1n) is 5.90. The van der Waals surface area contributed by atoms with Gasteiger partial charge in [-0.1, -0.05) is 6.07 Å². The Labute approximate surface area is 100.0 Å². The normalized spacial score (nSPS) is 21.5. The molecule has 1 saturated heterocycles. The SMILES string of the molecule is COc1ccc(CC(F)C2CCCN2)cc1F. The van der Waals surface area contributed by atoms with Gasteiger partial charge in [-0.25, -0.2) is 8.78 Å². The summed E-state index contributed by atoms with van der Waals surface area (Å²) in [5.74, 6) is -0.236. The predicted octanol–water partition coefficient (Wildman–Crippen LogP) is 2.47. The molecule has 1 aliphatic heterocycles. The number of hydrogen-bond acceptors (Lipinski definition) is 2. The summed E-state index contributed by atoms with van der Waals surface area (Å²) >= 11 is 0. The van der Waals surface area contributed by atoms with E-state index < -0.39 is 12.0 Å². The minimum atomic E-state index is -0.953. The quantitative estimate of drug-likeness (QED) is 0.874. The Morgan fingerprint density at radius 2 is 2.35 bits per heavy atom. The number of hydrogen-bond donors (Lipinski definition) is 1. The first-order valence-corrected chi connectivity index (χ1v) is 5.90. The highest BCUT2D eigenvalue weighted by atomic mass is 19.1. The lowest BCUT2D eigenvalue weighted by Gasteiger charge is -2.16. The van der Waals surface area contributed by atoms with Crippen LogP contribution >= 0.6 is 0 Å². The van der Waals surface area contributed by atoms with E-state index in [1.807, 2.05) is 0 Å². The molecule has 94 valence electrons. The van der Waals surface area contributed by atoms with Gasteiger partial charge in [-0.15, -0.1) is 0 Å². The molecule has 2 atom stereocenters. The third kappa shape index (κ3) is 2.94. The first-order chi connectivity index (χ1) is 8.20. The predicted molar refractivity (Wildman–Crippen MR) is 62.6 cm³/mol. The Hall–Kier alpha value is -1.16. The Balaban J connectivity index is 2.00. The lowest BCUT2D eigenvalue weighted by Crippen LogP contribution is -2.33. The van der Waals surface area contributed by atoms with E-state index in [-0.39, 0.29) is 18.2 Å². The van der Waals surface area contributed by atoms with Gasteiger partial charge in [0.25, 0.3) is 0 Å². The molecule has 1 aromatic carbocycles. The molecule has 2 unspecified atom stereocenters. The van der Waals surface area contributed by atoms with Crippen molar-refractivity contribution >= 4 is 0 Å². The summed E-state index contributed by atoms with van der Waals surface area (Å²) in [6.07, 6.45) is 1.17. The summed E-state index contributed by atoms with van der Waals surface area (Å²) in [5.41, 5.74) is 0.671. The zero-order valence-electron chi connectivity index (χ0n) is 9.88. The highest BCUT2D eigenvalue weighted by Crippen LogP contribution is 2.21. The third-order valence-electron chi connectivity index (χ3n) is 3.18. The lowest BCUT2D eigenvalue weighted by atomic mass is 10.0. The van der Waals surface area contributed by atoms with Crippen LogP contribution < -0.4 is 10.1 Å². The van der Waals surface area contributed by atoms with Crippen molar-refractivity contribution in [2.75, 3.05) is 13.7 Å². The van der Waals surface area contributed by atoms with E-state index in [2.05, 4.69) is 5.32 Å². The summed E-state index contributed by atoms with van der Waals surface area (Å²) in [4.78, 5) is 0. The minimum Gasteiger partial charge on any atom is -0.494 e. The van der Waals surface area contributed by atoms with Crippen LogP contribution in [0.25, 0.3) is 0 Å². The van der Waals surface area contributed by atoms with Crippen LogP contribution in [0.15, 0.2) is 18.2 Å². The molecule has 0 aromatic heterocycles. The summed E-state index contributed by atoms with van der Waals surface area (Å²) in [6.45, 7) is 0.877. The monoisotopic (exact) mass is 241 g/mol. The standard InChI is InChI=1S/C13H17F2NO/c1-17-13-5-4-9(8-11(13)15)7-10(14)12-3-2-6-16-12/h4-5,8,10,12,16H,2-3,6-7H2,1H3. The third-order valence-corrected chi connectivity index (χ3v) is 3.18. The van der Waals surface area contributed by atoms with Gasteiger partial charge in [-0.05, 0) is 37.1 Å². The van der Waals surface area contributed by atoms with Gasteiger partial charge >= 0.3 is 0 Å². The van der Waals surface area contributed by atoms with Crippen LogP contribution in [0, 0.1) is 5.82 Å². The summed E-state index contributed by atoms with van der Waals surface area (Å²) < 4.78 is 32.1. The van der Waals surface area contributed by atoms with Crippen molar-refractivity contribution in [3.05, 3.63) is 29.6 Å². The van der Waals surface area contributed by atoms with Crippen molar-refractivity contribution in [2.24, 2.45) is 0 Å². The molecule has 0 saturated carbocycles. The molecule has 1 heterocycles. The van der Waals surface area contributed by atoms with Crippen molar-refractivity contribution in [2.45, 2.75) is 31.5 Å². The number of halogens is 2. The molecular weight excluding hydrogens is 224 g/mol. The van der Waals surface area contributed by atoms with Crippen LogP contribution in [-0.4, -0.2) is 25.9 Å². The van der Waals surface area contributed by atoms with Crippen molar-refractivity contribution in [3.63, 3.8) is 0 Å². The van der Waals surface area contributed by atoms with Crippen molar-refractivity contribution in [1.82, 2.24) is 5.32 Å². The van der Waals surface area contributed by atoms with E-state index in [0.717, 1.165) is 19.4 Å². The molecule has 0 aliphatic carbocycles. The molecule has 17 heavy (non-hydrogen) atoms. The van der Waals surface area contributed by atoms with Crippen molar-refractivity contribution in [1.29, 1.82) is 0 Å². The van der Waals surface area contributed by atoms with Gasteiger partial charge in [0.05, 0.1) is 7.11 Å². The average Bonchev–Trinajstić information content (AvgIpc) is 2.82. The summed E-state index contributed by atoms with van der Waals surface area (Å²) in [5, 5.41) is 3.12. The average molecular weight is 241 g/mol. The largest absolute Gasteiger partial charge is 0.494 e. The highest BCUT2D eigenvalue weighted by Gasteiger charge is 2.24. The molecule has 2 nitrogen and oxygen atoms in total. The van der Waals surface area contributed by atoms with Gasteiger partial charge in [0, 0.05) is 12.5 Å². The Kier molecular flexibility index (Phi) is 3.94. The zero-order valence-corrected chi connectivity index (χ0v) is 9.88. The highest BCUT2D eigenvalue weighted by molar-refractivity contribution is 5.29. The fourth-order valence-electron chi connectivity index (χ4n) is 2.22. The number of methoxy groups -OCH3 is 1. The fraction of sp³-hybridized carbons (Fsp3) is 0.538. The molecule has 1 N–H and O–H groups in total. The number of rotatable bonds is 4. The topological polar surface area (TPSA) is 21.3 Å². The van der Waals surface area contributed by atoms with Crippen molar-refractivity contribution in [3.8, 4) is 5.75 Å². The molecule has 1 fully saturated rings. The van der Waals surface area contributed by atoms with Crippen LogP contribution in [0.3, 0.4) is 0 Å². The minimum absolute atomic E-state index is 0.0832. The van der Waals surface area contributed by atoms with E-state index in [1.165, 1.54) is 13.2 Å². The zero-order chi connectivity index (χ0) is 12.3. The van der Waals surface area contributed by atoms with E-state index in [1.54, 1.807) is 12.1 Å². The fourth-order valence-corrected chi connectivity index (χ4v) is 2.22.